The minimum atomic E-state index is -1.13. The van der Waals surface area contributed by atoms with Gasteiger partial charge in [0.05, 0.1) is 5.60 Å². The molecule has 0 saturated heterocycles. The summed E-state index contributed by atoms with van der Waals surface area (Å²) < 4.78 is 5.59. The quantitative estimate of drug-likeness (QED) is 0.496. The molecule has 2 aromatic carbocycles. The number of allylic oxidation sites excluding steroid dienone is 1. The molecule has 4 N–H and O–H groups in total. The Morgan fingerprint density at radius 3 is 2.46 bits per heavy atom. The van der Waals surface area contributed by atoms with Gasteiger partial charge in [-0.05, 0) is 37.6 Å². The Morgan fingerprint density at radius 1 is 1.19 bits per heavy atom. The molecule has 0 aliphatic carbocycles. The highest BCUT2D eigenvalue weighted by atomic mass is 16.5. The van der Waals surface area contributed by atoms with Gasteiger partial charge in [0.15, 0.2) is 5.78 Å². The molecule has 0 radical (unpaired) electrons. The summed E-state index contributed by atoms with van der Waals surface area (Å²) >= 11 is 0. The number of aromatic hydroxyl groups is 3. The lowest BCUT2D eigenvalue weighted by Crippen LogP contribution is -2.39. The Hall–Kier alpha value is -2.99. The molecule has 1 aliphatic heterocycles. The van der Waals surface area contributed by atoms with Crippen LogP contribution >= 0.6 is 0 Å². The summed E-state index contributed by atoms with van der Waals surface area (Å²) in [5, 5.41) is 40.0. The van der Waals surface area contributed by atoms with Crippen molar-refractivity contribution in [1.29, 1.82) is 0 Å². The summed E-state index contributed by atoms with van der Waals surface area (Å²) in [5.41, 5.74) is -0.277. The van der Waals surface area contributed by atoms with Gasteiger partial charge in [-0.2, -0.15) is 0 Å². The van der Waals surface area contributed by atoms with Gasteiger partial charge >= 0.3 is 0 Å². The van der Waals surface area contributed by atoms with Crippen LogP contribution in [0.2, 0.25) is 0 Å². The third kappa shape index (κ3) is 3.36. The van der Waals surface area contributed by atoms with E-state index in [9.17, 15) is 25.2 Å². The smallest absolute Gasteiger partial charge is 0.193 e. The normalized spacial score (nSPS) is 16.5. The Morgan fingerprint density at radius 2 is 1.85 bits per heavy atom. The van der Waals surface area contributed by atoms with Gasteiger partial charge in [0.2, 0.25) is 0 Å². The van der Waals surface area contributed by atoms with Crippen LogP contribution in [0.15, 0.2) is 36.4 Å². The van der Waals surface area contributed by atoms with Gasteiger partial charge < -0.3 is 25.2 Å². The van der Waals surface area contributed by atoms with Crippen LogP contribution in [0.3, 0.4) is 0 Å². The van der Waals surface area contributed by atoms with Crippen molar-refractivity contribution in [2.75, 3.05) is 0 Å². The van der Waals surface area contributed by atoms with Gasteiger partial charge in [0.25, 0.3) is 0 Å². The summed E-state index contributed by atoms with van der Waals surface area (Å²) in [7, 11) is 0. The molecule has 0 saturated carbocycles. The van der Waals surface area contributed by atoms with Crippen LogP contribution in [0, 0.1) is 0 Å². The maximum Gasteiger partial charge on any atom is 0.193 e. The number of carbonyl (C=O) groups is 1. The molecular weight excluding hydrogens is 336 g/mol. The summed E-state index contributed by atoms with van der Waals surface area (Å²) in [4.78, 5) is 12.5. The Labute approximate surface area is 150 Å². The lowest BCUT2D eigenvalue weighted by Gasteiger charge is -2.24. The first-order valence-electron chi connectivity index (χ1n) is 8.15. The Balaban J connectivity index is 1.90. The average molecular weight is 356 g/mol. The summed E-state index contributed by atoms with van der Waals surface area (Å²) in [6.45, 7) is 3.18. The summed E-state index contributed by atoms with van der Waals surface area (Å²) in [5.74, 6) is -0.928. The molecule has 2 aromatic rings. The van der Waals surface area contributed by atoms with Crippen molar-refractivity contribution < 1.29 is 30.0 Å². The lowest BCUT2D eigenvalue weighted by molar-refractivity contribution is -0.0230. The van der Waals surface area contributed by atoms with Crippen molar-refractivity contribution in [3.63, 3.8) is 0 Å². The van der Waals surface area contributed by atoms with Gasteiger partial charge in [-0.1, -0.05) is 18.2 Å². The molecule has 6 nitrogen and oxygen atoms in total. The number of aliphatic hydroxyl groups is 1. The largest absolute Gasteiger partial charge is 0.508 e. The zero-order chi connectivity index (χ0) is 19.1. The van der Waals surface area contributed by atoms with Crippen LogP contribution in [-0.2, 0) is 6.42 Å². The van der Waals surface area contributed by atoms with Crippen molar-refractivity contribution in [3.8, 4) is 23.0 Å². The van der Waals surface area contributed by atoms with E-state index in [1.54, 1.807) is 26.0 Å². The van der Waals surface area contributed by atoms with Crippen molar-refractivity contribution in [3.05, 3.63) is 53.1 Å². The molecule has 136 valence electrons. The van der Waals surface area contributed by atoms with E-state index in [0.717, 1.165) is 0 Å². The minimum Gasteiger partial charge on any atom is -0.508 e. The standard InChI is InChI=1S/C20H20O6/c1-20(2,25)17-9-13-16(26-17)10-15(23)18(19(13)24)14(22)8-5-11-3-6-12(21)7-4-11/h3-8,10,17,21,23-25H,9H2,1-2H3/b8-5+/t17-/m0/s1. The average Bonchev–Trinajstić information content (AvgIpc) is 2.99. The molecule has 0 bridgehead atoms. The Kier molecular flexibility index (Phi) is 4.38. The molecule has 6 heteroatoms. The minimum absolute atomic E-state index is 0.115. The van der Waals surface area contributed by atoms with Gasteiger partial charge in [-0.25, -0.2) is 0 Å². The number of phenolic OH excluding ortho intramolecular Hbond substituents is 3. The fraction of sp³-hybridized carbons (Fsp3) is 0.250. The van der Waals surface area contributed by atoms with Gasteiger partial charge in [0, 0.05) is 18.1 Å². The number of rotatable bonds is 4. The topological polar surface area (TPSA) is 107 Å². The van der Waals surface area contributed by atoms with E-state index in [0.29, 0.717) is 11.1 Å². The molecular formula is C20H20O6. The monoisotopic (exact) mass is 356 g/mol. The molecule has 1 heterocycles. The molecule has 1 aliphatic rings. The molecule has 0 aromatic heterocycles. The van der Waals surface area contributed by atoms with Crippen molar-refractivity contribution >= 4 is 11.9 Å². The number of carbonyl (C=O) groups excluding carboxylic acids is 1. The second-order valence-corrected chi connectivity index (χ2v) is 6.85. The first-order chi connectivity index (χ1) is 12.2. The van der Waals surface area contributed by atoms with Gasteiger partial charge in [-0.15, -0.1) is 0 Å². The fourth-order valence-electron chi connectivity index (χ4n) is 2.83. The maximum atomic E-state index is 12.5. The van der Waals surface area contributed by atoms with Crippen LogP contribution in [0.4, 0.5) is 0 Å². The summed E-state index contributed by atoms with van der Waals surface area (Å²) in [6, 6.07) is 7.51. The number of hydrogen-bond donors (Lipinski definition) is 4. The van der Waals surface area contributed by atoms with Crippen molar-refractivity contribution in [2.45, 2.75) is 32.0 Å². The van der Waals surface area contributed by atoms with Crippen LogP contribution < -0.4 is 4.74 Å². The highest BCUT2D eigenvalue weighted by Gasteiger charge is 2.38. The predicted molar refractivity (Wildman–Crippen MR) is 95.7 cm³/mol. The second-order valence-electron chi connectivity index (χ2n) is 6.85. The number of hydrogen-bond acceptors (Lipinski definition) is 6. The highest BCUT2D eigenvalue weighted by molar-refractivity contribution is 6.11. The number of phenols is 3. The van der Waals surface area contributed by atoms with Crippen LogP contribution in [0.25, 0.3) is 6.08 Å². The number of fused-ring (bicyclic) bond motifs is 1. The molecule has 0 amide bonds. The SMILES string of the molecule is CC(C)(O)[C@@H]1Cc2c(cc(O)c(C(=O)/C=C/c3ccc(O)cc3)c2O)O1. The fourth-order valence-corrected chi connectivity index (χ4v) is 2.83. The van der Waals surface area contributed by atoms with Crippen LogP contribution in [0.1, 0.15) is 35.3 Å². The van der Waals surface area contributed by atoms with Gasteiger partial charge in [0.1, 0.15) is 34.7 Å². The molecule has 26 heavy (non-hydrogen) atoms. The molecule has 0 fully saturated rings. The number of benzene rings is 2. The van der Waals surface area contributed by atoms with E-state index in [2.05, 4.69) is 0 Å². The van der Waals surface area contributed by atoms with Crippen LogP contribution in [0.5, 0.6) is 23.0 Å². The van der Waals surface area contributed by atoms with E-state index in [1.807, 2.05) is 0 Å². The third-order valence-electron chi connectivity index (χ3n) is 4.36. The predicted octanol–water partition coefficient (Wildman–Crippen LogP) is 2.77. The van der Waals surface area contributed by atoms with Gasteiger partial charge in [-0.3, -0.25) is 4.79 Å². The summed E-state index contributed by atoms with van der Waals surface area (Å²) in [6.07, 6.45) is 2.40. The Bertz CT molecular complexity index is 875. The van der Waals surface area contributed by atoms with Crippen molar-refractivity contribution in [2.24, 2.45) is 0 Å². The molecule has 0 spiro atoms. The first-order valence-corrected chi connectivity index (χ1v) is 8.15. The van der Waals surface area contributed by atoms with E-state index in [-0.39, 0.29) is 29.2 Å². The third-order valence-corrected chi connectivity index (χ3v) is 4.36. The van der Waals surface area contributed by atoms with Crippen LogP contribution in [-0.4, -0.2) is 37.9 Å². The number of ether oxygens (including phenoxy) is 1. The van der Waals surface area contributed by atoms with E-state index < -0.39 is 23.2 Å². The highest BCUT2D eigenvalue weighted by Crippen LogP contribution is 2.44. The zero-order valence-corrected chi connectivity index (χ0v) is 14.4. The number of ketones is 1. The zero-order valence-electron chi connectivity index (χ0n) is 14.4. The lowest BCUT2D eigenvalue weighted by atomic mass is 9.95. The van der Waals surface area contributed by atoms with E-state index in [1.165, 1.54) is 30.4 Å². The molecule has 0 unspecified atom stereocenters. The van der Waals surface area contributed by atoms with Crippen molar-refractivity contribution in [1.82, 2.24) is 0 Å². The maximum absolute atomic E-state index is 12.5. The van der Waals surface area contributed by atoms with E-state index >= 15 is 0 Å². The molecule has 3 rings (SSSR count). The first kappa shape index (κ1) is 17.8. The second kappa shape index (κ2) is 6.38. The van der Waals surface area contributed by atoms with E-state index in [4.69, 9.17) is 4.74 Å². The molecule has 1 atom stereocenters.